The lowest BCUT2D eigenvalue weighted by Crippen LogP contribution is -2.30. The molecule has 5 N–H and O–H groups in total. The first-order chi connectivity index (χ1) is 12.3. The number of carbonyl (C=O) groups is 1. The molecule has 2 aromatic rings. The van der Waals surface area contributed by atoms with Crippen LogP contribution in [-0.2, 0) is 6.54 Å². The number of carbonyl (C=O) groups excluding carboxylic acids is 1. The van der Waals surface area contributed by atoms with E-state index >= 15 is 0 Å². The lowest BCUT2D eigenvalue weighted by molar-refractivity contribution is 0.0945. The summed E-state index contributed by atoms with van der Waals surface area (Å²) in [7, 11) is 0. The van der Waals surface area contributed by atoms with Gasteiger partial charge in [-0.3, -0.25) is 4.79 Å². The summed E-state index contributed by atoms with van der Waals surface area (Å²) < 4.78 is 13.2. The lowest BCUT2D eigenvalue weighted by atomic mass is 10.1. The van der Waals surface area contributed by atoms with Crippen LogP contribution in [0.15, 0.2) is 35.4 Å². The Balaban J connectivity index is 2.15. The number of halogens is 2. The number of hydrogen-bond acceptors (Lipinski definition) is 5. The van der Waals surface area contributed by atoms with Crippen molar-refractivity contribution in [3.8, 4) is 0 Å². The van der Waals surface area contributed by atoms with E-state index in [-0.39, 0.29) is 23.1 Å². The average molecular weight is 379 g/mol. The fourth-order valence-electron chi connectivity index (χ4n) is 2.12. The van der Waals surface area contributed by atoms with Crippen molar-refractivity contribution in [1.82, 2.24) is 15.4 Å². The van der Waals surface area contributed by atoms with Gasteiger partial charge in [-0.05, 0) is 43.7 Å². The van der Waals surface area contributed by atoms with E-state index in [1.807, 2.05) is 6.92 Å². The van der Waals surface area contributed by atoms with Crippen LogP contribution in [0, 0.1) is 12.7 Å². The standard InChI is InChI=1S/C17H20ClFN6O/c1-3-25(21)24-16(20)12-6-10(2)23-15(8-12)17(26)22-9-11-4-5-14(19)13(18)7-11/h4-8H,3,9,21H2,1-2H3,(H2,20,24)(H,22,26). The Kier molecular flexibility index (Phi) is 6.48. The van der Waals surface area contributed by atoms with E-state index in [2.05, 4.69) is 15.4 Å². The number of benzene rings is 1. The second-order valence-electron chi connectivity index (χ2n) is 5.55. The summed E-state index contributed by atoms with van der Waals surface area (Å²) in [5.41, 5.74) is 7.92. The lowest BCUT2D eigenvalue weighted by Gasteiger charge is -2.12. The summed E-state index contributed by atoms with van der Waals surface area (Å²) in [5, 5.41) is 7.92. The van der Waals surface area contributed by atoms with Gasteiger partial charge in [-0.2, -0.15) is 0 Å². The maximum atomic E-state index is 13.2. The number of aromatic nitrogens is 1. The molecule has 26 heavy (non-hydrogen) atoms. The first-order valence-corrected chi connectivity index (χ1v) is 8.25. The van der Waals surface area contributed by atoms with Gasteiger partial charge in [0, 0.05) is 17.8 Å². The number of pyridine rings is 1. The van der Waals surface area contributed by atoms with Crippen LogP contribution in [0.1, 0.15) is 34.2 Å². The maximum Gasteiger partial charge on any atom is 0.270 e. The number of hydrogen-bond donors (Lipinski definition) is 3. The van der Waals surface area contributed by atoms with Gasteiger partial charge in [-0.25, -0.2) is 20.3 Å². The van der Waals surface area contributed by atoms with Gasteiger partial charge in [-0.15, -0.1) is 5.10 Å². The van der Waals surface area contributed by atoms with Crippen LogP contribution in [0.3, 0.4) is 0 Å². The zero-order valence-electron chi connectivity index (χ0n) is 14.5. The van der Waals surface area contributed by atoms with Crippen molar-refractivity contribution in [2.75, 3.05) is 6.54 Å². The smallest absolute Gasteiger partial charge is 0.270 e. The van der Waals surface area contributed by atoms with Gasteiger partial charge in [-0.1, -0.05) is 17.7 Å². The number of aryl methyl sites for hydroxylation is 1. The molecule has 0 aliphatic heterocycles. The minimum Gasteiger partial charge on any atom is -0.382 e. The largest absolute Gasteiger partial charge is 0.382 e. The number of amidine groups is 1. The molecule has 2 rings (SSSR count). The van der Waals surface area contributed by atoms with E-state index in [0.717, 1.165) is 0 Å². The number of rotatable bonds is 6. The number of amides is 1. The molecule has 1 heterocycles. The van der Waals surface area contributed by atoms with Gasteiger partial charge < -0.3 is 11.1 Å². The molecule has 0 aliphatic rings. The topological polar surface area (TPSA) is 110 Å². The SMILES string of the molecule is CCN(N)/N=C(\N)c1cc(C)nc(C(=O)NCc2ccc(F)c(Cl)c2)c1. The Bertz CT molecular complexity index is 842. The van der Waals surface area contributed by atoms with Crippen molar-refractivity contribution in [3.05, 3.63) is 63.7 Å². The molecule has 0 fully saturated rings. The van der Waals surface area contributed by atoms with Crippen molar-refractivity contribution >= 4 is 23.3 Å². The molecule has 1 aromatic heterocycles. The average Bonchev–Trinajstić information content (AvgIpc) is 2.61. The molecule has 0 spiro atoms. The Hall–Kier alpha value is -2.71. The number of nitrogens with two attached hydrogens (primary N) is 2. The summed E-state index contributed by atoms with van der Waals surface area (Å²) in [6, 6.07) is 7.48. The molecule has 0 aliphatic carbocycles. The molecular formula is C17H20ClFN6O. The summed E-state index contributed by atoms with van der Waals surface area (Å²) in [5.74, 6) is 4.88. The second-order valence-corrected chi connectivity index (χ2v) is 5.96. The highest BCUT2D eigenvalue weighted by molar-refractivity contribution is 6.30. The molecular weight excluding hydrogens is 359 g/mol. The first-order valence-electron chi connectivity index (χ1n) is 7.87. The van der Waals surface area contributed by atoms with E-state index < -0.39 is 11.7 Å². The van der Waals surface area contributed by atoms with Crippen LogP contribution in [0.25, 0.3) is 0 Å². The van der Waals surface area contributed by atoms with Gasteiger partial charge in [0.1, 0.15) is 11.5 Å². The van der Waals surface area contributed by atoms with Crippen molar-refractivity contribution < 1.29 is 9.18 Å². The Morgan fingerprint density at radius 3 is 2.77 bits per heavy atom. The number of hydrazone groups is 1. The van der Waals surface area contributed by atoms with E-state index in [4.69, 9.17) is 23.2 Å². The van der Waals surface area contributed by atoms with Gasteiger partial charge in [0.15, 0.2) is 5.84 Å². The van der Waals surface area contributed by atoms with Crippen LogP contribution in [0.5, 0.6) is 0 Å². The van der Waals surface area contributed by atoms with E-state index in [0.29, 0.717) is 23.4 Å². The Labute approximate surface area is 155 Å². The predicted octanol–water partition coefficient (Wildman–Crippen LogP) is 1.93. The highest BCUT2D eigenvalue weighted by Crippen LogP contribution is 2.16. The third-order valence-corrected chi connectivity index (χ3v) is 3.77. The molecule has 1 aromatic carbocycles. The van der Waals surface area contributed by atoms with Crippen LogP contribution in [0.4, 0.5) is 4.39 Å². The molecule has 0 atom stereocenters. The third-order valence-electron chi connectivity index (χ3n) is 3.48. The summed E-state index contributed by atoms with van der Waals surface area (Å²) in [6.45, 7) is 4.24. The molecule has 138 valence electrons. The fraction of sp³-hybridized carbons (Fsp3) is 0.235. The van der Waals surface area contributed by atoms with Crippen molar-refractivity contribution in [1.29, 1.82) is 0 Å². The summed E-state index contributed by atoms with van der Waals surface area (Å²) >= 11 is 5.73. The summed E-state index contributed by atoms with van der Waals surface area (Å²) in [6.07, 6.45) is 0. The highest BCUT2D eigenvalue weighted by atomic mass is 35.5. The van der Waals surface area contributed by atoms with Crippen molar-refractivity contribution in [3.63, 3.8) is 0 Å². The van der Waals surface area contributed by atoms with Crippen molar-refractivity contribution in [2.24, 2.45) is 16.7 Å². The van der Waals surface area contributed by atoms with E-state index in [1.165, 1.54) is 23.3 Å². The maximum absolute atomic E-state index is 13.2. The Morgan fingerprint density at radius 1 is 1.38 bits per heavy atom. The van der Waals surface area contributed by atoms with Crippen LogP contribution < -0.4 is 16.9 Å². The molecule has 0 unspecified atom stereocenters. The molecule has 9 heteroatoms. The van der Waals surface area contributed by atoms with Crippen LogP contribution >= 0.6 is 11.6 Å². The molecule has 0 bridgehead atoms. The first kappa shape index (κ1) is 19.6. The number of nitrogens with zero attached hydrogens (tertiary/aromatic N) is 3. The fourth-order valence-corrected chi connectivity index (χ4v) is 2.33. The van der Waals surface area contributed by atoms with E-state index in [1.54, 1.807) is 19.1 Å². The summed E-state index contributed by atoms with van der Waals surface area (Å²) in [4.78, 5) is 16.6. The second kappa shape index (κ2) is 8.59. The Morgan fingerprint density at radius 2 is 2.12 bits per heavy atom. The molecule has 7 nitrogen and oxygen atoms in total. The zero-order chi connectivity index (χ0) is 19.3. The molecule has 0 radical (unpaired) electrons. The van der Waals surface area contributed by atoms with Crippen LogP contribution in [0.2, 0.25) is 5.02 Å². The zero-order valence-corrected chi connectivity index (χ0v) is 15.2. The molecule has 0 saturated heterocycles. The minimum atomic E-state index is -0.512. The third kappa shape index (κ3) is 5.14. The van der Waals surface area contributed by atoms with Crippen molar-refractivity contribution in [2.45, 2.75) is 20.4 Å². The predicted molar refractivity (Wildman–Crippen MR) is 98.8 cm³/mol. The molecule has 0 saturated carbocycles. The highest BCUT2D eigenvalue weighted by Gasteiger charge is 2.12. The van der Waals surface area contributed by atoms with Crippen LogP contribution in [-0.4, -0.2) is 28.4 Å². The van der Waals surface area contributed by atoms with E-state index in [9.17, 15) is 9.18 Å². The van der Waals surface area contributed by atoms with Gasteiger partial charge >= 0.3 is 0 Å². The molecule has 1 amide bonds. The van der Waals surface area contributed by atoms with Gasteiger partial charge in [0.05, 0.1) is 11.6 Å². The normalized spacial score (nSPS) is 11.3. The minimum absolute atomic E-state index is 0.000959. The van der Waals surface area contributed by atoms with Gasteiger partial charge in [0.2, 0.25) is 0 Å². The number of nitrogens with one attached hydrogen (secondary N) is 1. The quantitative estimate of drug-likeness (QED) is 0.308. The van der Waals surface area contributed by atoms with Gasteiger partial charge in [0.25, 0.3) is 5.91 Å². The number of hydrazine groups is 1. The monoisotopic (exact) mass is 378 g/mol.